The molecule has 144 valence electrons. The van der Waals surface area contributed by atoms with E-state index in [1.54, 1.807) is 7.11 Å². The van der Waals surface area contributed by atoms with Crippen molar-refractivity contribution in [1.29, 1.82) is 0 Å². The Labute approximate surface area is 159 Å². The third-order valence-corrected chi connectivity index (χ3v) is 11.1. The summed E-state index contributed by atoms with van der Waals surface area (Å²) >= 11 is 0. The Hall–Kier alpha value is -1.17. The van der Waals surface area contributed by atoms with Gasteiger partial charge in [-0.25, -0.2) is 0 Å². The quantitative estimate of drug-likeness (QED) is 0.558. The number of carbonyl (C=O) groups is 1. The average molecular weight is 376 g/mol. The summed E-state index contributed by atoms with van der Waals surface area (Å²) in [5.41, 5.74) is 1.22. The number of ether oxygens (including phenoxy) is 1. The third kappa shape index (κ3) is 3.49. The van der Waals surface area contributed by atoms with Gasteiger partial charge in [-0.05, 0) is 49.2 Å². The lowest BCUT2D eigenvalue weighted by Crippen LogP contribution is -2.47. The van der Waals surface area contributed by atoms with Crippen molar-refractivity contribution in [2.45, 2.75) is 82.9 Å². The molecule has 0 radical (unpaired) electrons. The first-order valence-corrected chi connectivity index (χ1v) is 12.6. The number of hydrogen-bond donors (Lipinski definition) is 0. The molecule has 1 aliphatic carbocycles. The second-order valence-electron chi connectivity index (χ2n) is 9.25. The normalized spacial score (nSPS) is 29.9. The summed E-state index contributed by atoms with van der Waals surface area (Å²) in [7, 11) is -0.161. The van der Waals surface area contributed by atoms with Gasteiger partial charge in [0.25, 0.3) is 0 Å². The molecule has 1 aromatic carbocycles. The molecule has 0 spiro atoms. The fourth-order valence-corrected chi connectivity index (χ4v) is 5.23. The first-order chi connectivity index (χ1) is 12.1. The van der Waals surface area contributed by atoms with Crippen molar-refractivity contribution in [3.05, 3.63) is 29.8 Å². The van der Waals surface area contributed by atoms with E-state index in [-0.39, 0.29) is 29.3 Å². The molecule has 5 atom stereocenters. The van der Waals surface area contributed by atoms with Gasteiger partial charge in [0.2, 0.25) is 0 Å². The Morgan fingerprint density at radius 3 is 2.35 bits per heavy atom. The van der Waals surface area contributed by atoms with Crippen LogP contribution in [0.2, 0.25) is 18.1 Å². The van der Waals surface area contributed by atoms with Crippen LogP contribution in [0.5, 0.6) is 5.75 Å². The summed E-state index contributed by atoms with van der Waals surface area (Å²) in [5, 5.41) is 0.186. The van der Waals surface area contributed by atoms with Gasteiger partial charge in [0.15, 0.2) is 14.1 Å². The van der Waals surface area contributed by atoms with Crippen LogP contribution in [-0.4, -0.2) is 44.3 Å². The molecule has 0 N–H and O–H groups in total. The van der Waals surface area contributed by atoms with Crippen molar-refractivity contribution < 1.29 is 14.0 Å². The van der Waals surface area contributed by atoms with Crippen LogP contribution in [0.25, 0.3) is 0 Å². The second kappa shape index (κ2) is 6.77. The summed E-state index contributed by atoms with van der Waals surface area (Å²) in [4.78, 5) is 14.8. The molecule has 1 saturated heterocycles. The molecule has 1 unspecified atom stereocenters. The van der Waals surface area contributed by atoms with E-state index in [4.69, 9.17) is 9.16 Å². The summed E-state index contributed by atoms with van der Waals surface area (Å²) < 4.78 is 12.0. The van der Waals surface area contributed by atoms with Crippen LogP contribution in [0.3, 0.4) is 0 Å². The fraction of sp³-hybridized carbons (Fsp3) is 0.667. The van der Waals surface area contributed by atoms with Gasteiger partial charge < -0.3 is 9.16 Å². The van der Waals surface area contributed by atoms with E-state index >= 15 is 0 Å². The lowest BCUT2D eigenvalue weighted by atomic mass is 9.97. The number of nitrogens with zero attached hydrogens (tertiary/aromatic N) is 1. The number of fused-ring (bicyclic) bond motifs is 1. The maximum absolute atomic E-state index is 12.5. The van der Waals surface area contributed by atoms with Gasteiger partial charge >= 0.3 is 0 Å². The molecule has 0 amide bonds. The van der Waals surface area contributed by atoms with Gasteiger partial charge in [-0.1, -0.05) is 32.9 Å². The standard InChI is InChI=1S/C21H33NO3Si/c1-14(15-8-10-16(24-5)11-9-15)22-19-17(23)12-13-18(20(19)22)25-26(6,7)21(2,3)4/h8-11,14,18-20H,12-13H2,1-7H3/t14-,18+,19-,20+,22?/m1/s1. The lowest BCUT2D eigenvalue weighted by molar-refractivity contribution is -0.120. The van der Waals surface area contributed by atoms with E-state index in [0.29, 0.717) is 12.2 Å². The molecule has 3 rings (SSSR count). The summed E-state index contributed by atoms with van der Waals surface area (Å²) in [6.45, 7) is 13.6. The number of hydrogen-bond acceptors (Lipinski definition) is 4. The van der Waals surface area contributed by atoms with Crippen LogP contribution in [0.1, 0.15) is 52.1 Å². The summed E-state index contributed by atoms with van der Waals surface area (Å²) in [6, 6.07) is 8.67. The highest BCUT2D eigenvalue weighted by molar-refractivity contribution is 6.74. The maximum atomic E-state index is 12.5. The van der Waals surface area contributed by atoms with Gasteiger partial charge in [-0.3, -0.25) is 9.69 Å². The van der Waals surface area contributed by atoms with Gasteiger partial charge in [0, 0.05) is 12.5 Å². The monoisotopic (exact) mass is 375 g/mol. The number of methoxy groups -OCH3 is 1. The van der Waals surface area contributed by atoms with Gasteiger partial charge in [-0.2, -0.15) is 0 Å². The second-order valence-corrected chi connectivity index (χ2v) is 14.0. The highest BCUT2D eigenvalue weighted by Gasteiger charge is 2.61. The Morgan fingerprint density at radius 1 is 1.19 bits per heavy atom. The summed E-state index contributed by atoms with van der Waals surface area (Å²) in [5.74, 6) is 1.24. The molecular formula is C21H33NO3Si. The first kappa shape index (κ1) is 19.6. The Bertz CT molecular complexity index is 665. The Kier molecular flexibility index (Phi) is 5.10. The molecule has 1 saturated carbocycles. The molecular weight excluding hydrogens is 342 g/mol. The highest BCUT2D eigenvalue weighted by Crippen LogP contribution is 2.48. The van der Waals surface area contributed by atoms with Crippen LogP contribution in [0.4, 0.5) is 0 Å². The van der Waals surface area contributed by atoms with Crippen LogP contribution in [0, 0.1) is 0 Å². The summed E-state index contributed by atoms with van der Waals surface area (Å²) in [6.07, 6.45) is 1.68. The van der Waals surface area contributed by atoms with E-state index < -0.39 is 8.32 Å². The van der Waals surface area contributed by atoms with Gasteiger partial charge in [-0.15, -0.1) is 0 Å². The average Bonchev–Trinajstić information content (AvgIpc) is 3.32. The SMILES string of the molecule is COc1ccc([C@@H](C)N2[C@H]3[C@@H](O[Si](C)(C)C(C)(C)C)CCC(=O)[C@H]32)cc1. The maximum Gasteiger partial charge on any atom is 0.192 e. The zero-order valence-corrected chi connectivity index (χ0v) is 18.2. The zero-order valence-electron chi connectivity index (χ0n) is 17.2. The number of benzene rings is 1. The highest BCUT2D eigenvalue weighted by atomic mass is 28.4. The molecule has 26 heavy (non-hydrogen) atoms. The lowest BCUT2D eigenvalue weighted by Gasteiger charge is -2.40. The molecule has 0 aromatic heterocycles. The van der Waals surface area contributed by atoms with E-state index in [9.17, 15) is 4.79 Å². The minimum atomic E-state index is -1.84. The smallest absolute Gasteiger partial charge is 0.192 e. The number of Topliss-reactive ketones (excluding diaryl/α,β-unsaturated/α-hetero) is 1. The van der Waals surface area contributed by atoms with E-state index in [0.717, 1.165) is 12.2 Å². The predicted molar refractivity (Wildman–Crippen MR) is 107 cm³/mol. The van der Waals surface area contributed by atoms with Gasteiger partial charge in [0.1, 0.15) is 5.75 Å². The first-order valence-electron chi connectivity index (χ1n) is 9.69. The number of carbonyl (C=O) groups excluding carboxylic acids is 1. The van der Waals surface area contributed by atoms with Crippen molar-refractivity contribution in [2.24, 2.45) is 0 Å². The molecule has 5 heteroatoms. The molecule has 0 bridgehead atoms. The molecule has 4 nitrogen and oxygen atoms in total. The third-order valence-electron chi connectivity index (χ3n) is 6.58. The molecule has 1 heterocycles. The van der Waals surface area contributed by atoms with Gasteiger partial charge in [0.05, 0.1) is 25.3 Å². The predicted octanol–water partition coefficient (Wildman–Crippen LogP) is 4.56. The number of ketones is 1. The number of rotatable bonds is 5. The Balaban J connectivity index is 1.76. The molecule has 1 aliphatic heterocycles. The van der Waals surface area contributed by atoms with Crippen LogP contribution < -0.4 is 4.74 Å². The largest absolute Gasteiger partial charge is 0.497 e. The van der Waals surface area contributed by atoms with Crippen LogP contribution >= 0.6 is 0 Å². The van der Waals surface area contributed by atoms with E-state index in [2.05, 4.69) is 57.8 Å². The topological polar surface area (TPSA) is 38.5 Å². The van der Waals surface area contributed by atoms with E-state index in [1.807, 2.05) is 12.1 Å². The zero-order chi connectivity index (χ0) is 19.3. The molecule has 2 fully saturated rings. The van der Waals surface area contributed by atoms with Crippen molar-refractivity contribution in [3.63, 3.8) is 0 Å². The molecule has 2 aliphatic rings. The minimum Gasteiger partial charge on any atom is -0.497 e. The van der Waals surface area contributed by atoms with Crippen molar-refractivity contribution in [3.8, 4) is 5.75 Å². The Morgan fingerprint density at radius 2 is 1.81 bits per heavy atom. The fourth-order valence-electron chi connectivity index (χ4n) is 3.86. The van der Waals surface area contributed by atoms with Crippen molar-refractivity contribution in [2.75, 3.05) is 7.11 Å². The number of likely N-dealkylation sites (tertiary alicyclic amines) is 1. The van der Waals surface area contributed by atoms with Crippen LogP contribution in [-0.2, 0) is 9.22 Å². The van der Waals surface area contributed by atoms with Crippen LogP contribution in [0.15, 0.2) is 24.3 Å². The molecule has 1 aromatic rings. The minimum absolute atomic E-state index is 0.0376. The van der Waals surface area contributed by atoms with Crippen molar-refractivity contribution >= 4 is 14.1 Å². The van der Waals surface area contributed by atoms with Crippen molar-refractivity contribution in [1.82, 2.24) is 4.90 Å². The van der Waals surface area contributed by atoms with E-state index in [1.165, 1.54) is 5.56 Å².